The number of sulfonamides is 1. The summed E-state index contributed by atoms with van der Waals surface area (Å²) in [5.41, 5.74) is -5.87. The Bertz CT molecular complexity index is 437. The largest absolute Gasteiger partial charge is 0.516 e. The van der Waals surface area contributed by atoms with Crippen LogP contribution in [0.5, 0.6) is 0 Å². The Morgan fingerprint density at radius 1 is 1.05 bits per heavy atom. The van der Waals surface area contributed by atoms with Crippen LogP contribution in [-0.4, -0.2) is 31.7 Å². The smallest absolute Gasteiger partial charge is 0.274 e. The third-order valence-electron chi connectivity index (χ3n) is 1.54. The van der Waals surface area contributed by atoms with Crippen LogP contribution in [0, 0.1) is 0 Å². The number of carbonyl (C=O) groups excluding carboxylic acids is 1. The van der Waals surface area contributed by atoms with Crippen molar-refractivity contribution in [3.8, 4) is 0 Å². The van der Waals surface area contributed by atoms with Crippen molar-refractivity contribution in [2.45, 2.75) is 37.1 Å². The summed E-state index contributed by atoms with van der Waals surface area (Å²) in [5.74, 6) is -10.4. The maximum absolute atomic E-state index is 12.8. The molecule has 0 heterocycles. The molecule has 0 aromatic rings. The number of halogens is 7. The molecule has 1 amide bonds. The first kappa shape index (κ1) is 17.9. The van der Waals surface area contributed by atoms with Crippen LogP contribution in [0.15, 0.2) is 0 Å². The van der Waals surface area contributed by atoms with Gasteiger partial charge in [0.1, 0.15) is 0 Å². The van der Waals surface area contributed by atoms with Crippen molar-refractivity contribution in [3.63, 3.8) is 0 Å². The van der Waals surface area contributed by atoms with E-state index in [1.165, 1.54) is 0 Å². The molecule has 1 N–H and O–H groups in total. The van der Waals surface area contributed by atoms with Crippen molar-refractivity contribution in [2.24, 2.45) is 0 Å². The Labute approximate surface area is 103 Å². The third-order valence-corrected chi connectivity index (χ3v) is 2.65. The molecule has 0 saturated heterocycles. The van der Waals surface area contributed by atoms with Crippen LogP contribution in [0.3, 0.4) is 0 Å². The molecular formula is C7H8F7NO3S. The van der Waals surface area contributed by atoms with E-state index >= 15 is 0 Å². The van der Waals surface area contributed by atoms with Gasteiger partial charge in [0.05, 0.1) is 12.8 Å². The van der Waals surface area contributed by atoms with Gasteiger partial charge in [-0.1, -0.05) is 0 Å². The van der Waals surface area contributed by atoms with Gasteiger partial charge in [0.2, 0.25) is 5.91 Å². The molecule has 0 aromatic carbocycles. The average Bonchev–Trinajstić information content (AvgIpc) is 1.91. The normalized spacial score (nSPS) is 14.3. The molecule has 0 rings (SSSR count). The Kier molecular flexibility index (Phi) is 4.84. The maximum atomic E-state index is 12.8. The van der Waals surface area contributed by atoms with Crippen LogP contribution < -0.4 is 4.72 Å². The van der Waals surface area contributed by atoms with E-state index in [9.17, 15) is 43.9 Å². The summed E-state index contributed by atoms with van der Waals surface area (Å²) in [4.78, 5) is 10.7. The van der Waals surface area contributed by atoms with E-state index < -0.39 is 46.1 Å². The lowest BCUT2D eigenvalue weighted by atomic mass is 10.1. The second-order valence-electron chi connectivity index (χ2n) is 3.75. The fourth-order valence-corrected chi connectivity index (χ4v) is 1.48. The summed E-state index contributed by atoms with van der Waals surface area (Å²) in [6.07, 6.45) is -4.20. The fraction of sp³-hybridized carbons (Fsp3) is 0.857. The highest BCUT2D eigenvalue weighted by Gasteiger charge is 2.48. The molecule has 0 aromatic heterocycles. The van der Waals surface area contributed by atoms with Crippen LogP contribution >= 0.6 is 0 Å². The van der Waals surface area contributed by atoms with E-state index in [-0.39, 0.29) is 6.92 Å². The molecule has 0 bridgehead atoms. The molecule has 0 atom stereocenters. The second-order valence-corrected chi connectivity index (χ2v) is 5.43. The molecule has 0 saturated carbocycles. The SMILES string of the molecule is CC(F)(F)CC(F)(F)CC(=O)NS(=O)(=O)C(F)(F)F. The molecule has 114 valence electrons. The monoisotopic (exact) mass is 319 g/mol. The molecule has 4 nitrogen and oxygen atoms in total. The van der Waals surface area contributed by atoms with Crippen molar-refractivity contribution in [1.29, 1.82) is 0 Å². The van der Waals surface area contributed by atoms with Crippen molar-refractivity contribution in [2.75, 3.05) is 0 Å². The zero-order chi connectivity index (χ0) is 15.7. The first-order valence-corrected chi connectivity index (χ1v) is 5.92. The molecule has 19 heavy (non-hydrogen) atoms. The van der Waals surface area contributed by atoms with Gasteiger partial charge in [-0.05, 0) is 6.92 Å². The minimum atomic E-state index is -6.13. The number of nitrogens with one attached hydrogen (secondary N) is 1. The van der Waals surface area contributed by atoms with E-state index in [1.807, 2.05) is 0 Å². The fourth-order valence-electron chi connectivity index (χ4n) is 0.995. The first-order chi connectivity index (χ1) is 8.06. The zero-order valence-electron chi connectivity index (χ0n) is 9.19. The molecule has 0 aliphatic rings. The summed E-state index contributed by atoms with van der Waals surface area (Å²) in [5, 5.41) is 0. The van der Waals surface area contributed by atoms with Gasteiger partial charge in [-0.25, -0.2) is 22.3 Å². The molecule has 12 heteroatoms. The van der Waals surface area contributed by atoms with Gasteiger partial charge >= 0.3 is 15.5 Å². The number of carbonyl (C=O) groups is 1. The summed E-state index contributed by atoms with van der Waals surface area (Å²) < 4.78 is 107. The summed E-state index contributed by atoms with van der Waals surface area (Å²) in [6, 6.07) is 0. The maximum Gasteiger partial charge on any atom is 0.516 e. The summed E-state index contributed by atoms with van der Waals surface area (Å²) >= 11 is 0. The number of hydrogen-bond donors (Lipinski definition) is 1. The van der Waals surface area contributed by atoms with Gasteiger partial charge < -0.3 is 0 Å². The predicted octanol–water partition coefficient (Wildman–Crippen LogP) is 2.02. The Morgan fingerprint density at radius 2 is 1.47 bits per heavy atom. The molecule has 0 radical (unpaired) electrons. The quantitative estimate of drug-likeness (QED) is 0.789. The van der Waals surface area contributed by atoms with Crippen LogP contribution in [0.2, 0.25) is 0 Å². The third kappa shape index (κ3) is 6.59. The number of rotatable bonds is 5. The van der Waals surface area contributed by atoms with Gasteiger partial charge in [0.15, 0.2) is 0 Å². The van der Waals surface area contributed by atoms with Gasteiger partial charge in [-0.15, -0.1) is 0 Å². The number of amides is 1. The van der Waals surface area contributed by atoms with Crippen LogP contribution in [0.1, 0.15) is 19.8 Å². The molecule has 0 aliphatic heterocycles. The number of hydrogen-bond acceptors (Lipinski definition) is 3. The Hall–Kier alpha value is -1.07. The van der Waals surface area contributed by atoms with Gasteiger partial charge in [-0.3, -0.25) is 4.79 Å². The van der Waals surface area contributed by atoms with Crippen molar-refractivity contribution in [1.82, 2.24) is 4.72 Å². The van der Waals surface area contributed by atoms with E-state index in [4.69, 9.17) is 0 Å². The van der Waals surface area contributed by atoms with E-state index in [0.717, 1.165) is 0 Å². The molecule has 0 fully saturated rings. The standard InChI is InChI=1S/C7H8F7NO3S/c1-5(8,9)3-6(10,11)2-4(16)15-19(17,18)7(12,13)14/h2-3H2,1H3,(H,15,16). The lowest BCUT2D eigenvalue weighted by Crippen LogP contribution is -2.42. The highest BCUT2D eigenvalue weighted by molar-refractivity contribution is 7.90. The van der Waals surface area contributed by atoms with Gasteiger partial charge in [0.25, 0.3) is 11.8 Å². The highest BCUT2D eigenvalue weighted by Crippen LogP contribution is 2.32. The van der Waals surface area contributed by atoms with Crippen LogP contribution in [0.25, 0.3) is 0 Å². The lowest BCUT2D eigenvalue weighted by Gasteiger charge is -2.19. The second kappa shape index (κ2) is 5.13. The number of alkyl halides is 7. The first-order valence-electron chi connectivity index (χ1n) is 4.43. The molecule has 0 aliphatic carbocycles. The van der Waals surface area contributed by atoms with Gasteiger partial charge in [0, 0.05) is 0 Å². The molecular weight excluding hydrogens is 311 g/mol. The van der Waals surface area contributed by atoms with Crippen molar-refractivity contribution >= 4 is 15.9 Å². The van der Waals surface area contributed by atoms with E-state index in [0.29, 0.717) is 4.72 Å². The van der Waals surface area contributed by atoms with Gasteiger partial charge in [-0.2, -0.15) is 21.6 Å². The Balaban J connectivity index is 4.74. The van der Waals surface area contributed by atoms with Crippen molar-refractivity contribution < 1.29 is 43.9 Å². The minimum Gasteiger partial charge on any atom is -0.274 e. The topological polar surface area (TPSA) is 63.2 Å². The van der Waals surface area contributed by atoms with Crippen LogP contribution in [-0.2, 0) is 14.8 Å². The minimum absolute atomic E-state index is 0.116. The van der Waals surface area contributed by atoms with E-state index in [2.05, 4.69) is 0 Å². The molecule has 0 spiro atoms. The zero-order valence-corrected chi connectivity index (χ0v) is 10.0. The Morgan fingerprint density at radius 3 is 1.79 bits per heavy atom. The molecule has 0 unspecified atom stereocenters. The average molecular weight is 319 g/mol. The lowest BCUT2D eigenvalue weighted by molar-refractivity contribution is -0.136. The van der Waals surface area contributed by atoms with Crippen LogP contribution in [0.4, 0.5) is 30.7 Å². The summed E-state index contributed by atoms with van der Waals surface area (Å²) in [6.45, 7) is 0.116. The van der Waals surface area contributed by atoms with E-state index in [1.54, 1.807) is 0 Å². The summed E-state index contributed by atoms with van der Waals surface area (Å²) in [7, 11) is -6.13. The highest BCUT2D eigenvalue weighted by atomic mass is 32.2. The predicted molar refractivity (Wildman–Crippen MR) is 47.9 cm³/mol. The van der Waals surface area contributed by atoms with Crippen molar-refractivity contribution in [3.05, 3.63) is 0 Å².